The van der Waals surface area contributed by atoms with Gasteiger partial charge in [0.2, 0.25) is 0 Å². The Morgan fingerprint density at radius 1 is 0.621 bits per heavy atom. The summed E-state index contributed by atoms with van der Waals surface area (Å²) in [4.78, 5) is 9.51. The van der Waals surface area contributed by atoms with E-state index in [2.05, 4.69) is 66.1 Å². The Kier molecular flexibility index (Phi) is 8.64. The van der Waals surface area contributed by atoms with Crippen LogP contribution in [0.25, 0.3) is 72.4 Å². The molecule has 4 aromatic heterocycles. The number of nitrogens with zero attached hydrogens (tertiary/aromatic N) is 5. The fourth-order valence-corrected chi connectivity index (χ4v) is 8.66. The van der Waals surface area contributed by atoms with Crippen LogP contribution in [0.15, 0.2) is 170 Å². The summed E-state index contributed by atoms with van der Waals surface area (Å²) in [5.74, 6) is 1.66. The highest BCUT2D eigenvalue weighted by Gasteiger charge is 2.25. The number of hydrogen-bond donors (Lipinski definition) is 0. The summed E-state index contributed by atoms with van der Waals surface area (Å²) in [6.07, 6.45) is 5.43. The van der Waals surface area contributed by atoms with E-state index in [0.717, 1.165) is 55.3 Å². The van der Waals surface area contributed by atoms with Crippen molar-refractivity contribution in [2.75, 3.05) is 0 Å². The molecule has 0 fully saturated rings. The fourth-order valence-electron chi connectivity index (χ4n) is 8.66. The predicted octanol–water partition coefficient (Wildman–Crippen LogP) is 14.9. The molecule has 6 nitrogen and oxygen atoms in total. The first kappa shape index (κ1) is 35.0. The van der Waals surface area contributed by atoms with Crippen molar-refractivity contribution in [1.82, 2.24) is 19.1 Å². The Hall–Kier alpha value is -7.31. The molecule has 0 unspecified atom stereocenters. The van der Waals surface area contributed by atoms with Crippen molar-refractivity contribution in [1.29, 1.82) is 0 Å². The Morgan fingerprint density at radius 2 is 1.33 bits per heavy atom. The fraction of sp³-hybridized carbons (Fsp3) is 0.217. The molecule has 6 aromatic carbocycles. The lowest BCUT2D eigenvalue weighted by Crippen LogP contribution is -2.31. The van der Waals surface area contributed by atoms with Gasteiger partial charge in [0.05, 0.1) is 34.8 Å². The summed E-state index contributed by atoms with van der Waals surface area (Å²) >= 11 is 0. The van der Waals surface area contributed by atoms with Gasteiger partial charge in [0.1, 0.15) is 23.0 Å². The van der Waals surface area contributed by atoms with E-state index < -0.39 is 29.9 Å². The minimum atomic E-state index is -1.64. The molecule has 10 aromatic rings. The molecular formula is C60H57N5O. The first-order chi connectivity index (χ1) is 34.4. The molecule has 0 spiro atoms. The molecule has 6 heteroatoms. The van der Waals surface area contributed by atoms with Gasteiger partial charge in [-0.05, 0) is 116 Å². The van der Waals surface area contributed by atoms with Crippen molar-refractivity contribution in [3.8, 4) is 50.9 Å². The predicted molar refractivity (Wildman–Crippen MR) is 272 cm³/mol. The Balaban J connectivity index is 1.14. The number of para-hydroxylation sites is 3. The first-order valence-electron chi connectivity index (χ1n) is 25.9. The highest BCUT2D eigenvalue weighted by molar-refractivity contribution is 6.08. The molecule has 0 radical (unpaired) electrons. The van der Waals surface area contributed by atoms with Gasteiger partial charge in [0.25, 0.3) is 6.33 Å². The van der Waals surface area contributed by atoms with Gasteiger partial charge in [0, 0.05) is 32.0 Å². The summed E-state index contributed by atoms with van der Waals surface area (Å²) in [7, 11) is 0. The van der Waals surface area contributed by atoms with E-state index in [1.54, 1.807) is 24.5 Å². The van der Waals surface area contributed by atoms with Gasteiger partial charge in [-0.3, -0.25) is 13.7 Å². The molecule has 4 heterocycles. The first-order valence-corrected chi connectivity index (χ1v) is 22.4. The molecule has 0 atom stereocenters. The summed E-state index contributed by atoms with van der Waals surface area (Å²) in [6.45, 7) is 18.8. The summed E-state index contributed by atoms with van der Waals surface area (Å²) in [5, 5.41) is 1.87. The normalized spacial score (nSPS) is 14.1. The molecule has 0 aliphatic heterocycles. The second kappa shape index (κ2) is 16.3. The molecule has 328 valence electrons. The average Bonchev–Trinajstić information content (AvgIpc) is 3.90. The second-order valence-electron chi connectivity index (χ2n) is 20.0. The summed E-state index contributed by atoms with van der Waals surface area (Å²) < 4.78 is 74.9. The maximum atomic E-state index is 9.20. The average molecular weight is 871 g/mol. The van der Waals surface area contributed by atoms with Crippen LogP contribution in [-0.4, -0.2) is 19.1 Å². The van der Waals surface area contributed by atoms with E-state index >= 15 is 0 Å². The third kappa shape index (κ3) is 8.17. The molecule has 0 aliphatic carbocycles. The number of benzene rings is 6. The smallest absolute Gasteiger partial charge is 0.269 e. The monoisotopic (exact) mass is 871 g/mol. The largest absolute Gasteiger partial charge is 0.458 e. The lowest BCUT2D eigenvalue weighted by molar-refractivity contribution is -0.571. The highest BCUT2D eigenvalue weighted by Crippen LogP contribution is 2.40. The Bertz CT molecular complexity index is 3770. The molecule has 0 amide bonds. The molecule has 66 heavy (non-hydrogen) atoms. The van der Waals surface area contributed by atoms with Gasteiger partial charge in [-0.25, -0.2) is 9.97 Å². The van der Waals surface area contributed by atoms with Gasteiger partial charge < -0.3 is 4.74 Å². The molecule has 0 saturated carbocycles. The zero-order valence-corrected chi connectivity index (χ0v) is 38.9. The van der Waals surface area contributed by atoms with E-state index in [9.17, 15) is 2.74 Å². The minimum Gasteiger partial charge on any atom is -0.458 e. The molecule has 0 aliphatic rings. The van der Waals surface area contributed by atoms with Crippen LogP contribution >= 0.6 is 0 Å². The van der Waals surface area contributed by atoms with Crippen molar-refractivity contribution in [2.45, 2.75) is 79.5 Å². The van der Waals surface area contributed by atoms with Crippen molar-refractivity contribution in [3.63, 3.8) is 0 Å². The van der Waals surface area contributed by atoms with Crippen LogP contribution in [0, 0.1) is 11.7 Å². The molecule has 0 saturated heterocycles. The third-order valence-corrected chi connectivity index (χ3v) is 11.9. The van der Waals surface area contributed by atoms with Gasteiger partial charge in [-0.15, -0.1) is 0 Å². The van der Waals surface area contributed by atoms with E-state index in [4.69, 9.17) is 21.6 Å². The number of pyridine rings is 2. The van der Waals surface area contributed by atoms with Gasteiger partial charge in [-0.1, -0.05) is 159 Å². The number of imidazole rings is 1. The van der Waals surface area contributed by atoms with Crippen LogP contribution in [0.5, 0.6) is 11.5 Å². The Morgan fingerprint density at radius 3 is 2.08 bits per heavy atom. The number of rotatable bonds is 8. The summed E-state index contributed by atoms with van der Waals surface area (Å²) in [6, 6.07) is 39.6. The molecule has 0 N–H and O–H groups in total. The quantitative estimate of drug-likeness (QED) is 0.113. The standard InChI is InChI=1S/C60H57N5O/c1-58(2,3)38-40-29-31-61-55(32-40)65-54-37-47(27-28-50(54)51-24-17-30-62-57(51)65)66-46-21-15-20-45(36-46)63-39-64(53-26-14-13-25-52(53)63)56-48(41-18-11-10-12-19-41)22-16-23-49(56)42-33-43(59(4,5)6)35-44(34-42)60(7,8)9/h10-37H,38H2,1-9H3/i10D,11D,12D,18D,19D,38D2. The minimum absolute atomic E-state index is 0.0973. The lowest BCUT2D eigenvalue weighted by Gasteiger charge is -2.27. The topological polar surface area (TPSA) is 48.8 Å². The lowest BCUT2D eigenvalue weighted by atomic mass is 9.78. The second-order valence-corrected chi connectivity index (χ2v) is 20.0. The van der Waals surface area contributed by atoms with E-state index in [1.807, 2.05) is 132 Å². The SMILES string of the molecule is [2H]c1c([2H])c([2H])c(-c2cccc(-c3cc(C(C)(C)C)cc(C(C)(C)C)c3)c2-[n+]2[c-]n(-c3cccc(Oc4ccc5c6cccnc6n(-c6cc(C([2H])([2H])C(C)(C)C)ccn6)c5c4)c3)c3ccccc32)c([2H])c1[2H]. The molecular weight excluding hydrogens is 807 g/mol. The van der Waals surface area contributed by atoms with Crippen LogP contribution < -0.4 is 9.30 Å². The maximum absolute atomic E-state index is 9.20. The number of hydrogen-bond acceptors (Lipinski definition) is 3. The van der Waals surface area contributed by atoms with E-state index in [1.165, 1.54) is 0 Å². The number of fused-ring (bicyclic) bond motifs is 4. The Labute approximate surface area is 398 Å². The maximum Gasteiger partial charge on any atom is 0.269 e. The van der Waals surface area contributed by atoms with Crippen LogP contribution in [0.4, 0.5) is 0 Å². The van der Waals surface area contributed by atoms with Crippen LogP contribution in [-0.2, 0) is 17.2 Å². The molecule has 0 bridgehead atoms. The highest BCUT2D eigenvalue weighted by atomic mass is 16.5. The number of ether oxygens (including phenoxy) is 1. The van der Waals surface area contributed by atoms with Crippen LogP contribution in [0.2, 0.25) is 0 Å². The van der Waals surface area contributed by atoms with Gasteiger partial charge >= 0.3 is 0 Å². The number of aromatic nitrogens is 5. The molecule has 10 rings (SSSR count). The van der Waals surface area contributed by atoms with E-state index in [-0.39, 0.29) is 28.5 Å². The van der Waals surface area contributed by atoms with E-state index in [0.29, 0.717) is 39.8 Å². The van der Waals surface area contributed by atoms with Crippen molar-refractivity contribution >= 4 is 33.0 Å². The van der Waals surface area contributed by atoms with Gasteiger partial charge in [0.15, 0.2) is 0 Å². The summed E-state index contributed by atoms with van der Waals surface area (Å²) in [5.41, 5.74) is 8.48. The zero-order chi connectivity index (χ0) is 52.1. The van der Waals surface area contributed by atoms with Crippen LogP contribution in [0.3, 0.4) is 0 Å². The zero-order valence-electron chi connectivity index (χ0n) is 45.9. The van der Waals surface area contributed by atoms with Crippen LogP contribution in [0.1, 0.15) is 88.6 Å². The third-order valence-electron chi connectivity index (χ3n) is 11.9. The van der Waals surface area contributed by atoms with Crippen molar-refractivity contribution in [3.05, 3.63) is 193 Å². The van der Waals surface area contributed by atoms with Gasteiger partial charge in [-0.2, -0.15) is 0 Å². The van der Waals surface area contributed by atoms with Crippen molar-refractivity contribution < 1.29 is 18.9 Å². The van der Waals surface area contributed by atoms with Crippen molar-refractivity contribution in [2.24, 2.45) is 5.41 Å².